The van der Waals surface area contributed by atoms with Crippen LogP contribution in [0.25, 0.3) is 11.1 Å². The van der Waals surface area contributed by atoms with Crippen molar-refractivity contribution in [3.63, 3.8) is 0 Å². The van der Waals surface area contributed by atoms with Gasteiger partial charge in [0.25, 0.3) is 0 Å². The summed E-state index contributed by atoms with van der Waals surface area (Å²) in [7, 11) is 2.19. The topological polar surface area (TPSA) is 49.5 Å². The molecule has 20 heavy (non-hydrogen) atoms. The molecule has 0 saturated heterocycles. The van der Waals surface area contributed by atoms with Gasteiger partial charge in [-0.1, -0.05) is 24.3 Å². The number of aromatic hydroxyl groups is 1. The summed E-state index contributed by atoms with van der Waals surface area (Å²) in [5.74, 6) is 0.238. The highest BCUT2D eigenvalue weighted by molar-refractivity contribution is 5.84. The number of likely N-dealkylation sites (N-methyl/N-ethyl adjacent to an activating group) is 1. The first-order valence-electron chi connectivity index (χ1n) is 7.09. The molecule has 102 valence electrons. The third kappa shape index (κ3) is 1.44. The normalized spacial score (nSPS) is 20.4. The second kappa shape index (κ2) is 4.00. The molecule has 1 aliphatic carbocycles. The van der Waals surface area contributed by atoms with E-state index in [1.54, 1.807) is 0 Å². The summed E-state index contributed by atoms with van der Waals surface area (Å²) in [6, 6.07) is 10.7. The first-order chi connectivity index (χ1) is 9.66. The molecule has 0 spiro atoms. The quantitative estimate of drug-likeness (QED) is 0.569. The number of hydrogen-bond acceptors (Lipinski definition) is 3. The number of fused-ring (bicyclic) bond motifs is 2. The number of nitrogens with zero attached hydrogens (tertiary/aromatic N) is 1. The highest BCUT2D eigenvalue weighted by atomic mass is 16.3. The van der Waals surface area contributed by atoms with Crippen LogP contribution in [0, 0.1) is 0 Å². The number of phenolic OH excluding ortho intramolecular Hbond substituents is 1. The van der Waals surface area contributed by atoms with Gasteiger partial charge < -0.3 is 10.8 Å². The molecule has 0 aromatic heterocycles. The standard InChI is InChI=1S/C17H18N2O/c1-19-8-7-10-3-2-4-12-15(10)14(19)9-11-5-6-13(18)17(20)16(11)12/h2-6,14,20H,7-9,18H2,1H3/t14-/m0/s1. The lowest BCUT2D eigenvalue weighted by Crippen LogP contribution is -2.35. The van der Waals surface area contributed by atoms with E-state index < -0.39 is 0 Å². The number of hydrogen-bond donors (Lipinski definition) is 2. The second-order valence-electron chi connectivity index (χ2n) is 5.87. The molecule has 1 heterocycles. The van der Waals surface area contributed by atoms with Crippen LogP contribution in [-0.4, -0.2) is 23.6 Å². The van der Waals surface area contributed by atoms with Crippen molar-refractivity contribution in [2.24, 2.45) is 0 Å². The molecule has 2 aromatic carbocycles. The molecule has 0 saturated carbocycles. The van der Waals surface area contributed by atoms with E-state index in [2.05, 4.69) is 36.2 Å². The Morgan fingerprint density at radius 2 is 2.05 bits per heavy atom. The van der Waals surface area contributed by atoms with Gasteiger partial charge in [-0.25, -0.2) is 0 Å². The molecule has 3 N–H and O–H groups in total. The van der Waals surface area contributed by atoms with Gasteiger partial charge in [-0.3, -0.25) is 4.90 Å². The Bertz CT molecular complexity index is 708. The van der Waals surface area contributed by atoms with Gasteiger partial charge in [0.15, 0.2) is 0 Å². The fraction of sp³-hybridized carbons (Fsp3) is 0.294. The Morgan fingerprint density at radius 3 is 2.90 bits per heavy atom. The van der Waals surface area contributed by atoms with Gasteiger partial charge in [-0.15, -0.1) is 0 Å². The van der Waals surface area contributed by atoms with Crippen LogP contribution in [0.15, 0.2) is 30.3 Å². The molecule has 0 fully saturated rings. The van der Waals surface area contributed by atoms with E-state index in [1.165, 1.54) is 16.7 Å². The summed E-state index contributed by atoms with van der Waals surface area (Å²) in [5, 5.41) is 10.4. The molecular weight excluding hydrogens is 248 g/mol. The molecule has 2 aromatic rings. The lowest BCUT2D eigenvalue weighted by Gasteiger charge is -2.39. The Balaban J connectivity index is 2.05. The van der Waals surface area contributed by atoms with Crippen LogP contribution >= 0.6 is 0 Å². The fourth-order valence-electron chi connectivity index (χ4n) is 3.70. The van der Waals surface area contributed by atoms with Crippen molar-refractivity contribution in [3.05, 3.63) is 47.0 Å². The van der Waals surface area contributed by atoms with Crippen LogP contribution < -0.4 is 5.73 Å². The van der Waals surface area contributed by atoms with Gasteiger partial charge in [-0.05, 0) is 48.2 Å². The SMILES string of the molecule is CN1CCc2cccc3c2[C@@H]1Cc1ccc(N)c(O)c1-3. The van der Waals surface area contributed by atoms with Crippen molar-refractivity contribution in [2.45, 2.75) is 18.9 Å². The van der Waals surface area contributed by atoms with Gasteiger partial charge in [-0.2, -0.15) is 0 Å². The Labute approximate surface area is 118 Å². The smallest absolute Gasteiger partial charge is 0.146 e. The number of nitrogen functional groups attached to an aromatic ring is 1. The monoisotopic (exact) mass is 266 g/mol. The maximum Gasteiger partial charge on any atom is 0.146 e. The molecule has 3 nitrogen and oxygen atoms in total. The predicted octanol–water partition coefficient (Wildman–Crippen LogP) is 2.73. The maximum absolute atomic E-state index is 10.4. The summed E-state index contributed by atoms with van der Waals surface area (Å²) in [6.45, 7) is 1.09. The summed E-state index contributed by atoms with van der Waals surface area (Å²) in [6.07, 6.45) is 2.03. The second-order valence-corrected chi connectivity index (χ2v) is 5.87. The van der Waals surface area contributed by atoms with Gasteiger partial charge in [0.1, 0.15) is 5.75 Å². The molecular formula is C17H18N2O. The molecule has 2 aliphatic rings. The van der Waals surface area contributed by atoms with Gasteiger partial charge >= 0.3 is 0 Å². The zero-order valence-corrected chi connectivity index (χ0v) is 11.6. The molecule has 1 aliphatic heterocycles. The van der Waals surface area contributed by atoms with E-state index in [1.807, 2.05) is 6.07 Å². The van der Waals surface area contributed by atoms with E-state index in [4.69, 9.17) is 5.73 Å². The third-order valence-corrected chi connectivity index (χ3v) is 4.77. The van der Waals surface area contributed by atoms with E-state index >= 15 is 0 Å². The average Bonchev–Trinajstić information content (AvgIpc) is 2.46. The highest BCUT2D eigenvalue weighted by Gasteiger charge is 2.33. The van der Waals surface area contributed by atoms with Crippen molar-refractivity contribution < 1.29 is 5.11 Å². The largest absolute Gasteiger partial charge is 0.505 e. The summed E-state index contributed by atoms with van der Waals surface area (Å²) in [4.78, 5) is 2.42. The highest BCUT2D eigenvalue weighted by Crippen LogP contribution is 2.49. The minimum absolute atomic E-state index is 0.238. The fourth-order valence-corrected chi connectivity index (χ4v) is 3.70. The molecule has 0 unspecified atom stereocenters. The van der Waals surface area contributed by atoms with Crippen LogP contribution in [0.1, 0.15) is 22.7 Å². The molecule has 3 heteroatoms. The van der Waals surface area contributed by atoms with Crippen LogP contribution in [0.5, 0.6) is 5.75 Å². The van der Waals surface area contributed by atoms with E-state index in [0.29, 0.717) is 11.7 Å². The molecule has 0 amide bonds. The molecule has 1 atom stereocenters. The van der Waals surface area contributed by atoms with E-state index in [-0.39, 0.29) is 5.75 Å². The van der Waals surface area contributed by atoms with Crippen molar-refractivity contribution in [1.29, 1.82) is 0 Å². The minimum Gasteiger partial charge on any atom is -0.505 e. The number of anilines is 1. The van der Waals surface area contributed by atoms with Crippen molar-refractivity contribution in [3.8, 4) is 16.9 Å². The van der Waals surface area contributed by atoms with Crippen LogP contribution in [0.2, 0.25) is 0 Å². The first kappa shape index (κ1) is 11.8. The predicted molar refractivity (Wildman–Crippen MR) is 80.7 cm³/mol. The number of nitrogens with two attached hydrogens (primary N) is 1. The van der Waals surface area contributed by atoms with Crippen molar-refractivity contribution in [2.75, 3.05) is 19.3 Å². The van der Waals surface area contributed by atoms with Crippen LogP contribution in [-0.2, 0) is 12.8 Å². The van der Waals surface area contributed by atoms with Gasteiger partial charge in [0.05, 0.1) is 5.69 Å². The number of phenols is 1. The van der Waals surface area contributed by atoms with Crippen molar-refractivity contribution >= 4 is 5.69 Å². The van der Waals surface area contributed by atoms with E-state index in [0.717, 1.165) is 30.5 Å². The zero-order chi connectivity index (χ0) is 13.9. The average molecular weight is 266 g/mol. The third-order valence-electron chi connectivity index (χ3n) is 4.77. The van der Waals surface area contributed by atoms with Crippen LogP contribution in [0.3, 0.4) is 0 Å². The first-order valence-corrected chi connectivity index (χ1v) is 7.09. The molecule has 0 bridgehead atoms. The lowest BCUT2D eigenvalue weighted by atomic mass is 9.77. The van der Waals surface area contributed by atoms with Gasteiger partial charge in [0, 0.05) is 18.2 Å². The summed E-state index contributed by atoms with van der Waals surface area (Å²) < 4.78 is 0. The van der Waals surface area contributed by atoms with E-state index in [9.17, 15) is 5.11 Å². The zero-order valence-electron chi connectivity index (χ0n) is 11.6. The lowest BCUT2D eigenvalue weighted by molar-refractivity contribution is 0.228. The van der Waals surface area contributed by atoms with Gasteiger partial charge in [0.2, 0.25) is 0 Å². The van der Waals surface area contributed by atoms with Crippen LogP contribution in [0.4, 0.5) is 5.69 Å². The maximum atomic E-state index is 10.4. The van der Waals surface area contributed by atoms with Crippen molar-refractivity contribution in [1.82, 2.24) is 4.90 Å². The summed E-state index contributed by atoms with van der Waals surface area (Å²) in [5.41, 5.74) is 12.4. The molecule has 4 rings (SSSR count). The Hall–Kier alpha value is -2.00. The number of rotatable bonds is 0. The summed E-state index contributed by atoms with van der Waals surface area (Å²) >= 11 is 0. The minimum atomic E-state index is 0.238. The number of benzene rings is 2. The molecule has 0 radical (unpaired) electrons. The Kier molecular flexibility index (Phi) is 2.36. The Morgan fingerprint density at radius 1 is 1.20 bits per heavy atom.